The summed E-state index contributed by atoms with van der Waals surface area (Å²) in [6, 6.07) is 3.12. The largest absolute Gasteiger partial charge is 0.507 e. The average Bonchev–Trinajstić information content (AvgIpc) is 3.08. The second-order valence-corrected chi connectivity index (χ2v) is 7.11. The highest BCUT2D eigenvalue weighted by molar-refractivity contribution is 5.87. The lowest BCUT2D eigenvalue weighted by Gasteiger charge is -2.11. The first-order valence-electron chi connectivity index (χ1n) is 9.25. The zero-order valence-corrected chi connectivity index (χ0v) is 16.1. The first-order valence-corrected chi connectivity index (χ1v) is 9.25. The van der Waals surface area contributed by atoms with E-state index in [4.69, 9.17) is 14.9 Å². The zero-order valence-electron chi connectivity index (χ0n) is 16.1. The van der Waals surface area contributed by atoms with Crippen LogP contribution in [0.4, 0.5) is 5.82 Å². The van der Waals surface area contributed by atoms with Crippen LogP contribution in [0, 0.1) is 12.8 Å². The Morgan fingerprint density at radius 3 is 2.90 bits per heavy atom. The number of rotatable bonds is 0. The third-order valence-corrected chi connectivity index (χ3v) is 4.84. The van der Waals surface area contributed by atoms with Gasteiger partial charge in [-0.1, -0.05) is 6.92 Å². The highest BCUT2D eigenvalue weighted by atomic mass is 16.5. The van der Waals surface area contributed by atoms with E-state index >= 15 is 0 Å². The van der Waals surface area contributed by atoms with Gasteiger partial charge in [0.25, 0.3) is 0 Å². The van der Waals surface area contributed by atoms with Crippen LogP contribution in [0.15, 0.2) is 34.0 Å². The van der Waals surface area contributed by atoms with E-state index < -0.39 is 0 Å². The van der Waals surface area contributed by atoms with E-state index in [0.29, 0.717) is 58.6 Å². The molecule has 1 aromatic carbocycles. The number of phenolic OH excluding ortho intramolecular Hbond substituents is 1. The van der Waals surface area contributed by atoms with Gasteiger partial charge < -0.3 is 25.0 Å². The molecule has 1 aliphatic rings. The molecule has 9 nitrogen and oxygen atoms in total. The molecular formula is C20H21N5O4. The number of hydrogen-bond acceptors (Lipinski definition) is 8. The van der Waals surface area contributed by atoms with E-state index in [9.17, 15) is 9.90 Å². The minimum Gasteiger partial charge on any atom is -0.507 e. The topological polar surface area (TPSA) is 140 Å². The molecule has 1 aliphatic heterocycles. The summed E-state index contributed by atoms with van der Waals surface area (Å²) in [6.07, 6.45) is 4.57. The number of ether oxygens (including phenoxy) is 1. The van der Waals surface area contributed by atoms with Crippen molar-refractivity contribution in [3.63, 3.8) is 0 Å². The molecule has 29 heavy (non-hydrogen) atoms. The lowest BCUT2D eigenvalue weighted by molar-refractivity contribution is 0.265. The fourth-order valence-electron chi connectivity index (χ4n) is 3.30. The number of nitrogens with two attached hydrogens (primary N) is 1. The van der Waals surface area contributed by atoms with Crippen molar-refractivity contribution in [1.29, 1.82) is 0 Å². The Kier molecular flexibility index (Phi) is 4.79. The molecule has 0 spiro atoms. The SMILES string of the molecule is Cc1cc(=O)c2c(O)c3c(cc2o1)OCC(C)CC3.Nc1ncnc2nc[nH]c12. The van der Waals surface area contributed by atoms with Crippen LogP contribution in [0.1, 0.15) is 24.7 Å². The lowest BCUT2D eigenvalue weighted by Crippen LogP contribution is -2.05. The number of aromatic amines is 1. The molecular weight excluding hydrogens is 374 g/mol. The van der Waals surface area contributed by atoms with E-state index in [1.165, 1.54) is 18.7 Å². The van der Waals surface area contributed by atoms with E-state index in [-0.39, 0.29) is 16.6 Å². The van der Waals surface area contributed by atoms with Crippen LogP contribution in [0.2, 0.25) is 0 Å². The average molecular weight is 395 g/mol. The second kappa shape index (κ2) is 7.42. The van der Waals surface area contributed by atoms with E-state index in [2.05, 4.69) is 26.9 Å². The molecule has 4 N–H and O–H groups in total. The van der Waals surface area contributed by atoms with Gasteiger partial charge in [-0.05, 0) is 25.7 Å². The van der Waals surface area contributed by atoms with E-state index in [1.54, 1.807) is 13.0 Å². The number of nitrogen functional groups attached to an aromatic ring is 1. The van der Waals surface area contributed by atoms with Crippen LogP contribution < -0.4 is 15.9 Å². The van der Waals surface area contributed by atoms with Gasteiger partial charge in [-0.15, -0.1) is 0 Å². The lowest BCUT2D eigenvalue weighted by atomic mass is 10.00. The van der Waals surface area contributed by atoms with Crippen molar-refractivity contribution in [1.82, 2.24) is 19.9 Å². The molecule has 0 radical (unpaired) electrons. The predicted octanol–water partition coefficient (Wildman–Crippen LogP) is 2.70. The fourth-order valence-corrected chi connectivity index (χ4v) is 3.30. The summed E-state index contributed by atoms with van der Waals surface area (Å²) in [5.74, 6) is 2.03. The zero-order chi connectivity index (χ0) is 20.5. The van der Waals surface area contributed by atoms with Crippen LogP contribution in [-0.4, -0.2) is 31.6 Å². The normalized spacial score (nSPS) is 15.9. The Bertz CT molecular complexity index is 1250. The van der Waals surface area contributed by atoms with Crippen molar-refractivity contribution in [2.45, 2.75) is 26.7 Å². The molecule has 0 fully saturated rings. The molecule has 5 rings (SSSR count). The number of fused-ring (bicyclic) bond motifs is 3. The summed E-state index contributed by atoms with van der Waals surface area (Å²) >= 11 is 0. The number of aromatic hydroxyl groups is 1. The molecule has 0 amide bonds. The Morgan fingerprint density at radius 1 is 1.28 bits per heavy atom. The fraction of sp³-hybridized carbons (Fsp3) is 0.300. The molecule has 0 saturated heterocycles. The third kappa shape index (κ3) is 3.58. The molecule has 0 saturated carbocycles. The number of anilines is 1. The number of H-pyrrole nitrogens is 1. The summed E-state index contributed by atoms with van der Waals surface area (Å²) in [5.41, 5.74) is 7.67. The molecule has 1 unspecified atom stereocenters. The van der Waals surface area contributed by atoms with Crippen molar-refractivity contribution < 1.29 is 14.3 Å². The van der Waals surface area contributed by atoms with Gasteiger partial charge in [0.2, 0.25) is 0 Å². The van der Waals surface area contributed by atoms with Crippen LogP contribution in [0.5, 0.6) is 11.5 Å². The first kappa shape index (κ1) is 18.7. The Morgan fingerprint density at radius 2 is 2.10 bits per heavy atom. The standard InChI is InChI=1S/C15H16O4.C5H5N5/c1-8-3-4-10-12(18-7-8)6-13-14(15(10)17)11(16)5-9(2)19-13;6-4-3-5(9-1-7-3)10-2-8-4/h5-6,8,17H,3-4,7H2,1-2H3;1-2H,(H3,6,7,8,9,10). The Hall–Kier alpha value is -3.62. The van der Waals surface area contributed by atoms with Gasteiger partial charge in [0, 0.05) is 17.7 Å². The van der Waals surface area contributed by atoms with Gasteiger partial charge >= 0.3 is 0 Å². The van der Waals surface area contributed by atoms with Gasteiger partial charge in [-0.25, -0.2) is 15.0 Å². The summed E-state index contributed by atoms with van der Waals surface area (Å²) in [6.45, 7) is 4.44. The number of hydrogen-bond donors (Lipinski definition) is 3. The van der Waals surface area contributed by atoms with Crippen molar-refractivity contribution >= 4 is 28.0 Å². The molecule has 0 bridgehead atoms. The second-order valence-electron chi connectivity index (χ2n) is 7.11. The molecule has 3 aromatic heterocycles. The number of nitrogens with one attached hydrogen (secondary N) is 1. The van der Waals surface area contributed by atoms with Crippen molar-refractivity contribution in [2.75, 3.05) is 12.3 Å². The summed E-state index contributed by atoms with van der Waals surface area (Å²) < 4.78 is 11.2. The van der Waals surface area contributed by atoms with E-state index in [1.807, 2.05) is 0 Å². The maximum atomic E-state index is 12.0. The summed E-state index contributed by atoms with van der Waals surface area (Å²) in [5, 5.41) is 10.6. The van der Waals surface area contributed by atoms with E-state index in [0.717, 1.165) is 6.42 Å². The minimum atomic E-state index is -0.212. The number of nitrogens with zero attached hydrogens (tertiary/aromatic N) is 3. The van der Waals surface area contributed by atoms with Gasteiger partial charge in [-0.2, -0.15) is 0 Å². The maximum Gasteiger partial charge on any atom is 0.196 e. The number of benzene rings is 1. The molecule has 4 aromatic rings. The van der Waals surface area contributed by atoms with Gasteiger partial charge in [0.05, 0.1) is 12.9 Å². The van der Waals surface area contributed by atoms with Crippen molar-refractivity contribution in [2.24, 2.45) is 5.92 Å². The quantitative estimate of drug-likeness (QED) is 0.413. The van der Waals surface area contributed by atoms with Crippen LogP contribution in [0.25, 0.3) is 22.1 Å². The molecule has 150 valence electrons. The Labute approximate surface area is 165 Å². The van der Waals surface area contributed by atoms with Gasteiger partial charge in [0.15, 0.2) is 16.9 Å². The first-order chi connectivity index (χ1) is 13.9. The van der Waals surface area contributed by atoms with Gasteiger partial charge in [-0.3, -0.25) is 4.79 Å². The van der Waals surface area contributed by atoms with Crippen LogP contribution in [0.3, 0.4) is 0 Å². The predicted molar refractivity (Wildman–Crippen MR) is 108 cm³/mol. The molecule has 9 heteroatoms. The molecule has 1 atom stereocenters. The number of aromatic nitrogens is 4. The summed E-state index contributed by atoms with van der Waals surface area (Å²) in [7, 11) is 0. The highest BCUT2D eigenvalue weighted by Gasteiger charge is 2.21. The van der Waals surface area contributed by atoms with Crippen LogP contribution in [-0.2, 0) is 6.42 Å². The number of aryl methyl sites for hydroxylation is 1. The minimum absolute atomic E-state index is 0.00958. The van der Waals surface area contributed by atoms with Crippen molar-refractivity contribution in [3.05, 3.63) is 46.3 Å². The molecule has 4 heterocycles. The maximum absolute atomic E-state index is 12.0. The van der Waals surface area contributed by atoms with Crippen LogP contribution >= 0.6 is 0 Å². The Balaban J connectivity index is 0.000000171. The van der Waals surface area contributed by atoms with Gasteiger partial charge in [0.1, 0.15) is 40.1 Å². The van der Waals surface area contributed by atoms with Crippen molar-refractivity contribution in [3.8, 4) is 11.5 Å². The smallest absolute Gasteiger partial charge is 0.196 e. The monoisotopic (exact) mass is 395 g/mol. The third-order valence-electron chi connectivity index (χ3n) is 4.84. The number of imidazole rings is 1. The number of phenols is 1. The molecule has 0 aliphatic carbocycles. The summed E-state index contributed by atoms with van der Waals surface area (Å²) in [4.78, 5) is 26.4. The highest BCUT2D eigenvalue weighted by Crippen LogP contribution is 2.38.